The summed E-state index contributed by atoms with van der Waals surface area (Å²) < 4.78 is 62.5. The highest BCUT2D eigenvalue weighted by molar-refractivity contribution is 7.59. The summed E-state index contributed by atoms with van der Waals surface area (Å²) in [6.07, 6.45) is -11.4. The number of halogens is 6. The first kappa shape index (κ1) is 18.1. The van der Waals surface area contributed by atoms with Gasteiger partial charge < -0.3 is 0 Å². The quantitative estimate of drug-likeness (QED) is 0.468. The average molecular weight is 230 g/mol. The largest absolute Gasteiger partial charge is 0.446 e. The van der Waals surface area contributed by atoms with Gasteiger partial charge in [0, 0.05) is 0 Å². The Balaban J connectivity index is -0.000000143. The van der Waals surface area contributed by atoms with Crippen molar-refractivity contribution < 1.29 is 35.9 Å². The lowest BCUT2D eigenvalue weighted by Gasteiger charge is -1.87. The minimum absolute atomic E-state index is 0. The molecule has 0 heterocycles. The van der Waals surface area contributed by atoms with Crippen LogP contribution in [0.4, 0.5) is 26.3 Å². The van der Waals surface area contributed by atoms with E-state index in [1.165, 1.54) is 0 Å². The minimum Gasteiger partial charge on any atom is -0.293 e. The van der Waals surface area contributed by atoms with Crippen molar-refractivity contribution in [3.63, 3.8) is 0 Å². The van der Waals surface area contributed by atoms with Crippen LogP contribution in [0.25, 0.3) is 0 Å². The Hall–Kier alpha value is -0.730. The topological polar surface area (TPSA) is 34.1 Å². The van der Waals surface area contributed by atoms with Gasteiger partial charge in [0.05, 0.1) is 0 Å². The molecular formula is C4H4F6O2S. The Kier molecular flexibility index (Phi) is 9.42. The number of carbonyl (C=O) groups is 2. The van der Waals surface area contributed by atoms with Crippen LogP contribution in [-0.2, 0) is 9.59 Å². The number of carbonyl (C=O) groups excluding carboxylic acids is 2. The molecule has 0 radical (unpaired) electrons. The highest BCUT2D eigenvalue weighted by Gasteiger charge is 2.25. The van der Waals surface area contributed by atoms with Gasteiger partial charge in [0.2, 0.25) is 12.6 Å². The number of rotatable bonds is 0. The minimum atomic E-state index is -4.64. The lowest BCUT2D eigenvalue weighted by Crippen LogP contribution is -2.07. The molecule has 0 aliphatic heterocycles. The van der Waals surface area contributed by atoms with Gasteiger partial charge in [-0.3, -0.25) is 9.59 Å². The predicted octanol–water partition coefficient (Wildman–Crippen LogP) is 1.61. The fraction of sp³-hybridized carbons (Fsp3) is 0.500. The fourth-order valence-electron chi connectivity index (χ4n) is 0. The van der Waals surface area contributed by atoms with Crippen molar-refractivity contribution in [3.05, 3.63) is 0 Å². The van der Waals surface area contributed by atoms with E-state index in [0.717, 1.165) is 0 Å². The number of alkyl halides is 6. The Labute approximate surface area is 75.3 Å². The molecule has 0 aliphatic rings. The lowest BCUT2D eigenvalue weighted by molar-refractivity contribution is -0.156. The van der Waals surface area contributed by atoms with Gasteiger partial charge in [-0.2, -0.15) is 39.8 Å². The average Bonchev–Trinajstić information content (AvgIpc) is 1.86. The molecule has 0 aromatic rings. The van der Waals surface area contributed by atoms with Crippen molar-refractivity contribution in [3.8, 4) is 0 Å². The zero-order chi connectivity index (χ0) is 10.4. The third-order valence-corrected chi connectivity index (χ3v) is 0.267. The summed E-state index contributed by atoms with van der Waals surface area (Å²) in [4.78, 5) is 17.4. The van der Waals surface area contributed by atoms with Crippen molar-refractivity contribution in [1.29, 1.82) is 0 Å². The van der Waals surface area contributed by atoms with E-state index in [-0.39, 0.29) is 13.5 Å². The monoisotopic (exact) mass is 230 g/mol. The Bertz CT molecular complexity index is 132. The van der Waals surface area contributed by atoms with Crippen LogP contribution in [0.15, 0.2) is 0 Å². The van der Waals surface area contributed by atoms with E-state index in [1.807, 2.05) is 0 Å². The second kappa shape index (κ2) is 6.75. The number of aldehydes is 2. The van der Waals surface area contributed by atoms with Crippen LogP contribution in [0, 0.1) is 0 Å². The second-order valence-corrected chi connectivity index (χ2v) is 1.32. The van der Waals surface area contributed by atoms with Gasteiger partial charge in [0.15, 0.2) is 0 Å². The fourth-order valence-corrected chi connectivity index (χ4v) is 0. The molecule has 0 aliphatic carbocycles. The predicted molar refractivity (Wildman–Crippen MR) is 34.6 cm³/mol. The molecule has 9 heteroatoms. The molecule has 0 saturated carbocycles. The molecule has 0 saturated heterocycles. The molecule has 0 fully saturated rings. The summed E-state index contributed by atoms with van der Waals surface area (Å²) >= 11 is 0. The maximum Gasteiger partial charge on any atom is 0.446 e. The Morgan fingerprint density at radius 3 is 0.769 bits per heavy atom. The number of hydrogen-bond acceptors (Lipinski definition) is 2. The standard InChI is InChI=1S/2C2HF3O.H2S/c2*3-2(4,5)1-6;/h2*1H;1H2. The second-order valence-electron chi connectivity index (χ2n) is 1.32. The van der Waals surface area contributed by atoms with Crippen LogP contribution in [0.1, 0.15) is 0 Å². The zero-order valence-electron chi connectivity index (χ0n) is 5.74. The van der Waals surface area contributed by atoms with Gasteiger partial charge in [-0.1, -0.05) is 0 Å². The van der Waals surface area contributed by atoms with E-state index < -0.39 is 24.9 Å². The van der Waals surface area contributed by atoms with Crippen molar-refractivity contribution in [1.82, 2.24) is 0 Å². The van der Waals surface area contributed by atoms with Crippen molar-refractivity contribution in [2.45, 2.75) is 12.4 Å². The smallest absolute Gasteiger partial charge is 0.293 e. The van der Waals surface area contributed by atoms with Gasteiger partial charge in [-0.15, -0.1) is 0 Å². The number of hydrogen-bond donors (Lipinski definition) is 0. The van der Waals surface area contributed by atoms with Crippen LogP contribution in [0.5, 0.6) is 0 Å². The van der Waals surface area contributed by atoms with Crippen LogP contribution in [0.3, 0.4) is 0 Å². The first-order valence-corrected chi connectivity index (χ1v) is 2.18. The van der Waals surface area contributed by atoms with Crippen molar-refractivity contribution >= 4 is 26.1 Å². The Morgan fingerprint density at radius 1 is 0.692 bits per heavy atom. The van der Waals surface area contributed by atoms with Gasteiger partial charge in [-0.25, -0.2) is 0 Å². The van der Waals surface area contributed by atoms with E-state index in [2.05, 4.69) is 0 Å². The summed E-state index contributed by atoms with van der Waals surface area (Å²) in [5, 5.41) is 0. The maximum absolute atomic E-state index is 10.4. The molecule has 80 valence electrons. The first-order valence-electron chi connectivity index (χ1n) is 2.18. The molecule has 0 spiro atoms. The zero-order valence-corrected chi connectivity index (χ0v) is 6.74. The summed E-state index contributed by atoms with van der Waals surface area (Å²) in [6.45, 7) is 0. The highest BCUT2D eigenvalue weighted by Crippen LogP contribution is 2.08. The molecule has 0 unspecified atom stereocenters. The van der Waals surface area contributed by atoms with E-state index in [4.69, 9.17) is 9.59 Å². The van der Waals surface area contributed by atoms with E-state index in [0.29, 0.717) is 0 Å². The van der Waals surface area contributed by atoms with Crippen LogP contribution < -0.4 is 0 Å². The van der Waals surface area contributed by atoms with Gasteiger partial charge in [0.25, 0.3) is 0 Å². The van der Waals surface area contributed by atoms with Crippen LogP contribution >= 0.6 is 13.5 Å². The molecule has 0 aromatic heterocycles. The van der Waals surface area contributed by atoms with Crippen LogP contribution in [0.2, 0.25) is 0 Å². The molecule has 0 rings (SSSR count). The molecule has 0 amide bonds. The van der Waals surface area contributed by atoms with Crippen molar-refractivity contribution in [2.24, 2.45) is 0 Å². The maximum atomic E-state index is 10.4. The normalized spacial score (nSPS) is 10.3. The molecule has 0 atom stereocenters. The van der Waals surface area contributed by atoms with E-state index in [1.54, 1.807) is 0 Å². The third kappa shape index (κ3) is 34.9. The summed E-state index contributed by atoms with van der Waals surface area (Å²) in [6, 6.07) is 0. The molecule has 2 nitrogen and oxygen atoms in total. The van der Waals surface area contributed by atoms with Gasteiger partial charge in [0.1, 0.15) is 0 Å². The molecular weight excluding hydrogens is 226 g/mol. The highest BCUT2D eigenvalue weighted by atomic mass is 32.1. The van der Waals surface area contributed by atoms with E-state index in [9.17, 15) is 26.3 Å². The molecule has 13 heavy (non-hydrogen) atoms. The first-order chi connectivity index (χ1) is 5.12. The summed E-state index contributed by atoms with van der Waals surface area (Å²) in [5.74, 6) is 0. The summed E-state index contributed by atoms with van der Waals surface area (Å²) in [5.41, 5.74) is 0. The van der Waals surface area contributed by atoms with E-state index >= 15 is 0 Å². The summed E-state index contributed by atoms with van der Waals surface area (Å²) in [7, 11) is 0. The van der Waals surface area contributed by atoms with Crippen molar-refractivity contribution in [2.75, 3.05) is 0 Å². The van der Waals surface area contributed by atoms with Gasteiger partial charge in [-0.05, 0) is 0 Å². The Morgan fingerprint density at radius 2 is 0.769 bits per heavy atom. The van der Waals surface area contributed by atoms with Crippen LogP contribution in [-0.4, -0.2) is 24.9 Å². The third-order valence-electron chi connectivity index (χ3n) is 0.267. The SMILES string of the molecule is O=CC(F)(F)F.O=CC(F)(F)F.S. The molecule has 0 bridgehead atoms. The van der Waals surface area contributed by atoms with Gasteiger partial charge >= 0.3 is 12.4 Å². The molecule has 0 N–H and O–H groups in total. The molecule has 0 aromatic carbocycles. The lowest BCUT2D eigenvalue weighted by atomic mass is 10.8.